The molecule has 0 saturated heterocycles. The van der Waals surface area contributed by atoms with Crippen LogP contribution in [-0.4, -0.2) is 17.1 Å². The number of benzene rings is 2. The maximum absolute atomic E-state index is 13.0. The molecule has 3 rings (SSSR count). The van der Waals surface area contributed by atoms with Crippen molar-refractivity contribution in [2.24, 2.45) is 0 Å². The molecule has 0 saturated carbocycles. The Balaban J connectivity index is 2.35. The summed E-state index contributed by atoms with van der Waals surface area (Å²) in [4.78, 5) is 24.5. The smallest absolute Gasteiger partial charge is 0.416 e. The van der Waals surface area contributed by atoms with Gasteiger partial charge in [0.2, 0.25) is 0 Å². The van der Waals surface area contributed by atoms with Crippen LogP contribution >= 0.6 is 0 Å². The fourth-order valence-corrected chi connectivity index (χ4v) is 2.81. The molecule has 0 atom stereocenters. The molecule has 1 aromatic heterocycles. The zero-order valence-electron chi connectivity index (χ0n) is 13.3. The highest BCUT2D eigenvalue weighted by molar-refractivity contribution is 5.94. The number of fused-ring (bicyclic) bond motifs is 2. The molecule has 4 nitrogen and oxygen atoms in total. The Morgan fingerprint density at radius 1 is 1.08 bits per heavy atom. The first kappa shape index (κ1) is 17.0. The second-order valence-corrected chi connectivity index (χ2v) is 5.47. The zero-order chi connectivity index (χ0) is 18.2. The lowest BCUT2D eigenvalue weighted by Crippen LogP contribution is -2.18. The summed E-state index contributed by atoms with van der Waals surface area (Å²) in [6.45, 7) is 1.65. The lowest BCUT2D eigenvalue weighted by Gasteiger charge is -2.15. The normalized spacial score (nSPS) is 11.8. The van der Waals surface area contributed by atoms with E-state index in [-0.39, 0.29) is 29.4 Å². The van der Waals surface area contributed by atoms with Crippen molar-refractivity contribution in [2.75, 3.05) is 6.61 Å². The third kappa shape index (κ3) is 3.09. The van der Waals surface area contributed by atoms with E-state index in [1.807, 2.05) is 0 Å². The topological polar surface area (TPSA) is 48.3 Å². The van der Waals surface area contributed by atoms with Crippen molar-refractivity contribution in [3.05, 3.63) is 58.3 Å². The van der Waals surface area contributed by atoms with Gasteiger partial charge in [0.05, 0.1) is 23.2 Å². The molecule has 0 radical (unpaired) electrons. The summed E-state index contributed by atoms with van der Waals surface area (Å²) >= 11 is 0. The van der Waals surface area contributed by atoms with Crippen LogP contribution in [0.15, 0.2) is 47.3 Å². The molecule has 0 N–H and O–H groups in total. The van der Waals surface area contributed by atoms with Crippen LogP contribution in [-0.2, 0) is 22.3 Å². The van der Waals surface area contributed by atoms with Crippen LogP contribution in [0.4, 0.5) is 13.2 Å². The Morgan fingerprint density at radius 3 is 2.44 bits per heavy atom. The van der Waals surface area contributed by atoms with E-state index in [2.05, 4.69) is 0 Å². The van der Waals surface area contributed by atoms with E-state index in [0.717, 1.165) is 12.1 Å². The van der Waals surface area contributed by atoms with Gasteiger partial charge >= 0.3 is 12.1 Å². The number of alkyl halides is 3. The van der Waals surface area contributed by atoms with Gasteiger partial charge in [-0.2, -0.15) is 13.2 Å². The molecule has 2 aromatic carbocycles. The van der Waals surface area contributed by atoms with Gasteiger partial charge < -0.3 is 9.30 Å². The third-order valence-corrected chi connectivity index (χ3v) is 3.89. The summed E-state index contributed by atoms with van der Waals surface area (Å²) in [5.74, 6) is -0.530. The number of carbonyl (C=O) groups excluding carboxylic acids is 1. The lowest BCUT2D eigenvalue weighted by molar-refractivity contribution is -0.143. The third-order valence-electron chi connectivity index (χ3n) is 3.89. The van der Waals surface area contributed by atoms with Gasteiger partial charge in [0.1, 0.15) is 6.54 Å². The first-order valence-electron chi connectivity index (χ1n) is 7.61. The highest BCUT2D eigenvalue weighted by Crippen LogP contribution is 2.31. The highest BCUT2D eigenvalue weighted by Gasteiger charge is 2.31. The Labute approximate surface area is 140 Å². The zero-order valence-corrected chi connectivity index (χ0v) is 13.3. The van der Waals surface area contributed by atoms with Crippen LogP contribution in [0.25, 0.3) is 21.8 Å². The summed E-state index contributed by atoms with van der Waals surface area (Å²) < 4.78 is 45.4. The predicted molar refractivity (Wildman–Crippen MR) is 87.3 cm³/mol. The fraction of sp³-hybridized carbons (Fsp3) is 0.222. The van der Waals surface area contributed by atoms with E-state index in [9.17, 15) is 22.8 Å². The Bertz CT molecular complexity index is 1020. The van der Waals surface area contributed by atoms with Gasteiger partial charge in [-0.25, -0.2) is 0 Å². The Kier molecular flexibility index (Phi) is 4.24. The lowest BCUT2D eigenvalue weighted by atomic mass is 10.1. The maximum atomic E-state index is 13.0. The van der Waals surface area contributed by atoms with E-state index in [1.54, 1.807) is 25.1 Å². The van der Waals surface area contributed by atoms with Crippen molar-refractivity contribution >= 4 is 27.8 Å². The van der Waals surface area contributed by atoms with E-state index in [4.69, 9.17) is 4.74 Å². The Morgan fingerprint density at radius 2 is 1.76 bits per heavy atom. The minimum Gasteiger partial charge on any atom is -0.465 e. The predicted octanol–water partition coefficient (Wildman–Crippen LogP) is 3.74. The average Bonchev–Trinajstić information content (AvgIpc) is 2.57. The number of esters is 1. The van der Waals surface area contributed by atoms with Gasteiger partial charge in [-0.05, 0) is 37.3 Å². The molecule has 0 aliphatic heterocycles. The second-order valence-electron chi connectivity index (χ2n) is 5.47. The summed E-state index contributed by atoms with van der Waals surface area (Å²) in [7, 11) is 0. The number of ether oxygens (including phenoxy) is 1. The van der Waals surface area contributed by atoms with Crippen molar-refractivity contribution in [1.82, 2.24) is 4.57 Å². The van der Waals surface area contributed by atoms with Crippen LogP contribution < -0.4 is 5.43 Å². The number of pyridine rings is 1. The molecular weight excluding hydrogens is 335 g/mol. The average molecular weight is 349 g/mol. The van der Waals surface area contributed by atoms with E-state index < -0.39 is 23.1 Å². The van der Waals surface area contributed by atoms with Crippen molar-refractivity contribution in [1.29, 1.82) is 0 Å². The molecule has 0 amide bonds. The number of aromatic nitrogens is 1. The summed E-state index contributed by atoms with van der Waals surface area (Å²) in [5, 5.41) is 0.163. The van der Waals surface area contributed by atoms with E-state index in [0.29, 0.717) is 5.52 Å². The van der Waals surface area contributed by atoms with Crippen LogP contribution in [0.2, 0.25) is 0 Å². The number of rotatable bonds is 3. The second kappa shape index (κ2) is 6.23. The Hall–Kier alpha value is -2.83. The molecule has 0 aliphatic carbocycles. The standard InChI is InChI=1S/C18H14F3NO3/c1-2-25-16(23)10-22-14-6-4-3-5-12(14)17(24)13-9-11(18(19,20)21)7-8-15(13)22/h3-9H,2,10H2,1H3. The van der Waals surface area contributed by atoms with Gasteiger partial charge in [0.25, 0.3) is 0 Å². The minimum absolute atomic E-state index is 0.0853. The highest BCUT2D eigenvalue weighted by atomic mass is 19.4. The number of hydrogen-bond donors (Lipinski definition) is 0. The van der Waals surface area contributed by atoms with E-state index >= 15 is 0 Å². The van der Waals surface area contributed by atoms with Gasteiger partial charge in [0, 0.05) is 10.8 Å². The number of carbonyl (C=O) groups is 1. The molecule has 25 heavy (non-hydrogen) atoms. The largest absolute Gasteiger partial charge is 0.465 e. The summed E-state index contributed by atoms with van der Waals surface area (Å²) in [6.07, 6.45) is -4.56. The van der Waals surface area contributed by atoms with Crippen molar-refractivity contribution < 1.29 is 22.7 Å². The molecule has 0 fully saturated rings. The number of para-hydroxylation sites is 1. The van der Waals surface area contributed by atoms with Crippen molar-refractivity contribution in [2.45, 2.75) is 19.6 Å². The number of halogens is 3. The quantitative estimate of drug-likeness (QED) is 0.535. The maximum Gasteiger partial charge on any atom is 0.416 e. The summed E-state index contributed by atoms with van der Waals surface area (Å²) in [6, 6.07) is 9.43. The molecule has 7 heteroatoms. The van der Waals surface area contributed by atoms with Gasteiger partial charge in [-0.1, -0.05) is 12.1 Å². The molecule has 130 valence electrons. The van der Waals surface area contributed by atoms with E-state index in [1.165, 1.54) is 16.7 Å². The molecule has 3 aromatic rings. The van der Waals surface area contributed by atoms with Crippen LogP contribution in [0, 0.1) is 0 Å². The minimum atomic E-state index is -4.56. The molecule has 0 aliphatic rings. The van der Waals surface area contributed by atoms with Gasteiger partial charge in [0.15, 0.2) is 5.43 Å². The fourth-order valence-electron chi connectivity index (χ4n) is 2.81. The van der Waals surface area contributed by atoms with Crippen molar-refractivity contribution in [3.63, 3.8) is 0 Å². The van der Waals surface area contributed by atoms with Crippen molar-refractivity contribution in [3.8, 4) is 0 Å². The SMILES string of the molecule is CCOC(=O)Cn1c2ccccc2c(=O)c2cc(C(F)(F)F)ccc21. The van der Waals surface area contributed by atoms with Crippen LogP contribution in [0.5, 0.6) is 0 Å². The summed E-state index contributed by atoms with van der Waals surface area (Å²) in [5.41, 5.74) is -0.690. The number of hydrogen-bond acceptors (Lipinski definition) is 3. The van der Waals surface area contributed by atoms with Gasteiger partial charge in [-0.3, -0.25) is 9.59 Å². The van der Waals surface area contributed by atoms with Crippen LogP contribution in [0.1, 0.15) is 12.5 Å². The molecule has 0 spiro atoms. The molecular formula is C18H14F3NO3. The van der Waals surface area contributed by atoms with Gasteiger partial charge in [-0.15, -0.1) is 0 Å². The number of nitrogens with zero attached hydrogens (tertiary/aromatic N) is 1. The first-order chi connectivity index (χ1) is 11.8. The molecule has 1 heterocycles. The monoisotopic (exact) mass is 349 g/mol. The molecule has 0 bridgehead atoms. The molecule has 0 unspecified atom stereocenters. The first-order valence-corrected chi connectivity index (χ1v) is 7.61. The van der Waals surface area contributed by atoms with Crippen LogP contribution in [0.3, 0.4) is 0 Å².